The fourth-order valence-corrected chi connectivity index (χ4v) is 2.52. The van der Waals surface area contributed by atoms with Gasteiger partial charge in [-0.3, -0.25) is 9.79 Å². The van der Waals surface area contributed by atoms with Crippen molar-refractivity contribution < 1.29 is 14.3 Å². The van der Waals surface area contributed by atoms with E-state index in [2.05, 4.69) is 25.9 Å². The van der Waals surface area contributed by atoms with E-state index < -0.39 is 0 Å². The Labute approximate surface area is 194 Å². The Balaban J connectivity index is 0.00000450. The van der Waals surface area contributed by atoms with Gasteiger partial charge in [0.25, 0.3) is 0 Å². The van der Waals surface area contributed by atoms with Gasteiger partial charge in [0.2, 0.25) is 5.91 Å². The highest BCUT2D eigenvalue weighted by molar-refractivity contribution is 14.0. The van der Waals surface area contributed by atoms with Crippen LogP contribution in [0.1, 0.15) is 19.0 Å². The molecule has 1 atom stereocenters. The molecule has 1 amide bonds. The van der Waals surface area contributed by atoms with Crippen molar-refractivity contribution in [1.29, 1.82) is 0 Å². The molecule has 0 spiro atoms. The lowest BCUT2D eigenvalue weighted by atomic mass is 10.3. The predicted molar refractivity (Wildman–Crippen MR) is 130 cm³/mol. The molecule has 2 rings (SSSR count). The first-order valence-corrected chi connectivity index (χ1v) is 9.49. The van der Waals surface area contributed by atoms with E-state index in [4.69, 9.17) is 9.47 Å². The van der Waals surface area contributed by atoms with Gasteiger partial charge in [0.15, 0.2) is 5.96 Å². The standard InChI is InChI=1S/C21H29N5O3.HI/c1-15-7-5-10-19(25-15)26-20(27)11-12-23-21(22-3)24-14-16(2)29-18-9-6-8-17(13-18)28-4;/h5-10,13,16H,11-12,14H2,1-4H3,(H2,22,23,24)(H,25,26,27);1H. The molecule has 0 aliphatic rings. The van der Waals surface area contributed by atoms with E-state index in [-0.39, 0.29) is 36.0 Å². The number of nitrogens with one attached hydrogen (secondary N) is 3. The first-order chi connectivity index (χ1) is 14.0. The number of hydrogen-bond acceptors (Lipinski definition) is 5. The molecule has 8 nitrogen and oxygen atoms in total. The second-order valence-electron chi connectivity index (χ2n) is 6.45. The number of anilines is 1. The molecule has 164 valence electrons. The number of aromatic nitrogens is 1. The van der Waals surface area contributed by atoms with Gasteiger partial charge in [0.1, 0.15) is 23.4 Å². The van der Waals surface area contributed by atoms with E-state index in [1.54, 1.807) is 20.2 Å². The second-order valence-corrected chi connectivity index (χ2v) is 6.45. The lowest BCUT2D eigenvalue weighted by Crippen LogP contribution is -2.42. The first-order valence-electron chi connectivity index (χ1n) is 9.49. The fraction of sp³-hybridized carbons (Fsp3) is 0.381. The second kappa shape index (κ2) is 13.6. The van der Waals surface area contributed by atoms with Gasteiger partial charge in [0.05, 0.1) is 13.7 Å². The number of aliphatic imine (C=N–C) groups is 1. The third kappa shape index (κ3) is 9.29. The summed E-state index contributed by atoms with van der Waals surface area (Å²) < 4.78 is 11.1. The minimum absolute atomic E-state index is 0. The number of guanidine groups is 1. The number of amides is 1. The van der Waals surface area contributed by atoms with E-state index in [0.717, 1.165) is 17.2 Å². The maximum Gasteiger partial charge on any atom is 0.227 e. The smallest absolute Gasteiger partial charge is 0.227 e. The number of hydrogen-bond donors (Lipinski definition) is 3. The molecule has 9 heteroatoms. The van der Waals surface area contributed by atoms with Gasteiger partial charge in [-0.25, -0.2) is 4.98 Å². The number of halogens is 1. The maximum absolute atomic E-state index is 12.0. The monoisotopic (exact) mass is 527 g/mol. The molecule has 2 aromatic rings. The Morgan fingerprint density at radius 3 is 2.60 bits per heavy atom. The molecule has 1 unspecified atom stereocenters. The first kappa shape index (κ1) is 25.5. The lowest BCUT2D eigenvalue weighted by molar-refractivity contribution is -0.116. The van der Waals surface area contributed by atoms with Crippen LogP contribution in [0.3, 0.4) is 0 Å². The van der Waals surface area contributed by atoms with E-state index in [1.807, 2.05) is 50.2 Å². The fourth-order valence-electron chi connectivity index (χ4n) is 2.52. The molecular formula is C21H30IN5O3. The zero-order valence-corrected chi connectivity index (χ0v) is 20.1. The van der Waals surface area contributed by atoms with Crippen LogP contribution in [0.5, 0.6) is 11.5 Å². The predicted octanol–water partition coefficient (Wildman–Crippen LogP) is 2.98. The van der Waals surface area contributed by atoms with Crippen molar-refractivity contribution in [3.63, 3.8) is 0 Å². The Hall–Kier alpha value is -2.56. The summed E-state index contributed by atoms with van der Waals surface area (Å²) in [5, 5.41) is 9.09. The lowest BCUT2D eigenvalue weighted by Gasteiger charge is -2.18. The van der Waals surface area contributed by atoms with Gasteiger partial charge in [-0.05, 0) is 38.1 Å². The van der Waals surface area contributed by atoms with Crippen LogP contribution < -0.4 is 25.4 Å². The van der Waals surface area contributed by atoms with E-state index in [1.165, 1.54) is 0 Å². The molecule has 0 radical (unpaired) electrons. The number of benzene rings is 1. The van der Waals surface area contributed by atoms with E-state index in [9.17, 15) is 4.79 Å². The maximum atomic E-state index is 12.0. The number of ether oxygens (including phenoxy) is 2. The van der Waals surface area contributed by atoms with E-state index in [0.29, 0.717) is 31.3 Å². The van der Waals surface area contributed by atoms with Crippen molar-refractivity contribution in [2.45, 2.75) is 26.4 Å². The minimum Gasteiger partial charge on any atom is -0.497 e. The number of pyridine rings is 1. The summed E-state index contributed by atoms with van der Waals surface area (Å²) in [4.78, 5) is 20.5. The van der Waals surface area contributed by atoms with Crippen LogP contribution in [0.4, 0.5) is 5.82 Å². The minimum atomic E-state index is -0.110. The number of methoxy groups -OCH3 is 1. The Bertz CT molecular complexity index is 832. The third-order valence-corrected chi connectivity index (χ3v) is 3.96. The van der Waals surface area contributed by atoms with Gasteiger partial charge in [-0.2, -0.15) is 0 Å². The molecule has 0 bridgehead atoms. The average molecular weight is 527 g/mol. The number of rotatable bonds is 9. The van der Waals surface area contributed by atoms with Gasteiger partial charge >= 0.3 is 0 Å². The zero-order valence-electron chi connectivity index (χ0n) is 17.8. The van der Waals surface area contributed by atoms with Crippen LogP contribution in [-0.2, 0) is 4.79 Å². The summed E-state index contributed by atoms with van der Waals surface area (Å²) in [6.07, 6.45) is 0.211. The van der Waals surface area contributed by atoms with E-state index >= 15 is 0 Å². The topological polar surface area (TPSA) is 96.9 Å². The summed E-state index contributed by atoms with van der Waals surface area (Å²) in [7, 11) is 3.30. The van der Waals surface area contributed by atoms with Crippen molar-refractivity contribution in [1.82, 2.24) is 15.6 Å². The SMILES string of the molecule is CN=C(NCCC(=O)Nc1cccc(C)n1)NCC(C)Oc1cccc(OC)c1.I. The van der Waals surface area contributed by atoms with Crippen molar-refractivity contribution in [2.24, 2.45) is 4.99 Å². The van der Waals surface area contributed by atoms with Crippen molar-refractivity contribution in [2.75, 3.05) is 32.6 Å². The Kier molecular flexibility index (Phi) is 11.6. The third-order valence-electron chi connectivity index (χ3n) is 3.96. The van der Waals surface area contributed by atoms with Crippen LogP contribution >= 0.6 is 24.0 Å². The van der Waals surface area contributed by atoms with Crippen molar-refractivity contribution in [3.05, 3.63) is 48.2 Å². The Morgan fingerprint density at radius 2 is 1.90 bits per heavy atom. The summed E-state index contributed by atoms with van der Waals surface area (Å²) in [6, 6.07) is 13.0. The number of nitrogens with zero attached hydrogens (tertiary/aromatic N) is 2. The molecule has 1 heterocycles. The average Bonchev–Trinajstić information content (AvgIpc) is 2.70. The summed E-state index contributed by atoms with van der Waals surface area (Å²) >= 11 is 0. The molecule has 0 aliphatic heterocycles. The molecule has 3 N–H and O–H groups in total. The summed E-state index contributed by atoms with van der Waals surface area (Å²) in [6.45, 7) is 4.84. The molecule has 1 aromatic carbocycles. The van der Waals surface area contributed by atoms with Crippen LogP contribution in [0, 0.1) is 6.92 Å². The van der Waals surface area contributed by atoms with Gasteiger partial charge in [0, 0.05) is 31.8 Å². The van der Waals surface area contributed by atoms with Crippen LogP contribution in [-0.4, -0.2) is 50.2 Å². The normalized spacial score (nSPS) is 11.7. The quantitative estimate of drug-likeness (QED) is 0.264. The zero-order chi connectivity index (χ0) is 21.1. The largest absolute Gasteiger partial charge is 0.497 e. The number of carbonyl (C=O) groups is 1. The highest BCUT2D eigenvalue weighted by Gasteiger charge is 2.08. The van der Waals surface area contributed by atoms with Gasteiger partial charge in [-0.1, -0.05) is 12.1 Å². The highest BCUT2D eigenvalue weighted by atomic mass is 127. The molecule has 1 aromatic heterocycles. The number of carbonyl (C=O) groups excluding carboxylic acids is 1. The molecule has 0 fully saturated rings. The Morgan fingerprint density at radius 1 is 1.17 bits per heavy atom. The van der Waals surface area contributed by atoms with Gasteiger partial charge < -0.3 is 25.4 Å². The van der Waals surface area contributed by atoms with Crippen LogP contribution in [0.25, 0.3) is 0 Å². The molecule has 30 heavy (non-hydrogen) atoms. The number of aryl methyl sites for hydroxylation is 1. The molecule has 0 saturated carbocycles. The molecular weight excluding hydrogens is 497 g/mol. The van der Waals surface area contributed by atoms with Crippen LogP contribution in [0.2, 0.25) is 0 Å². The van der Waals surface area contributed by atoms with Gasteiger partial charge in [-0.15, -0.1) is 24.0 Å². The summed E-state index contributed by atoms with van der Waals surface area (Å²) in [5.74, 6) is 2.54. The van der Waals surface area contributed by atoms with Crippen molar-refractivity contribution in [3.8, 4) is 11.5 Å². The molecule has 0 saturated heterocycles. The van der Waals surface area contributed by atoms with Crippen LogP contribution in [0.15, 0.2) is 47.5 Å². The molecule has 0 aliphatic carbocycles. The summed E-state index contributed by atoms with van der Waals surface area (Å²) in [5.41, 5.74) is 0.857. The highest BCUT2D eigenvalue weighted by Crippen LogP contribution is 2.19. The van der Waals surface area contributed by atoms with Crippen molar-refractivity contribution >= 4 is 41.7 Å².